The van der Waals surface area contributed by atoms with Crippen molar-refractivity contribution in [3.05, 3.63) is 30.1 Å². The molecule has 2 nitrogen and oxygen atoms in total. The second-order valence-corrected chi connectivity index (χ2v) is 5.03. The van der Waals surface area contributed by atoms with Gasteiger partial charge in [0.1, 0.15) is 5.82 Å². The van der Waals surface area contributed by atoms with Gasteiger partial charge in [-0.1, -0.05) is 13.8 Å². The van der Waals surface area contributed by atoms with Crippen LogP contribution < -0.4 is 10.2 Å². The van der Waals surface area contributed by atoms with E-state index in [1.54, 1.807) is 0 Å². The Kier molecular flexibility index (Phi) is 4.94. The van der Waals surface area contributed by atoms with E-state index in [0.717, 1.165) is 25.2 Å². The van der Waals surface area contributed by atoms with E-state index in [-0.39, 0.29) is 11.2 Å². The quantitative estimate of drug-likeness (QED) is 0.819. The predicted octanol–water partition coefficient (Wildman–Crippen LogP) is 2.90. The summed E-state index contributed by atoms with van der Waals surface area (Å²) in [5.74, 6) is -0.185. The lowest BCUT2D eigenvalue weighted by Crippen LogP contribution is -2.39. The van der Waals surface area contributed by atoms with Gasteiger partial charge in [-0.3, -0.25) is 0 Å². The van der Waals surface area contributed by atoms with Gasteiger partial charge in [0.05, 0.1) is 0 Å². The van der Waals surface area contributed by atoms with Crippen molar-refractivity contribution in [2.75, 3.05) is 32.1 Å². The largest absolute Gasteiger partial charge is 0.374 e. The van der Waals surface area contributed by atoms with Crippen LogP contribution in [0.5, 0.6) is 0 Å². The number of hydrogen-bond acceptors (Lipinski definition) is 2. The fourth-order valence-electron chi connectivity index (χ4n) is 2.08. The van der Waals surface area contributed by atoms with E-state index < -0.39 is 0 Å². The summed E-state index contributed by atoms with van der Waals surface area (Å²) in [6, 6.07) is 6.66. The number of anilines is 1. The van der Waals surface area contributed by atoms with E-state index in [4.69, 9.17) is 0 Å². The van der Waals surface area contributed by atoms with Crippen LogP contribution in [0.4, 0.5) is 10.1 Å². The highest BCUT2D eigenvalue weighted by Crippen LogP contribution is 2.24. The summed E-state index contributed by atoms with van der Waals surface area (Å²) in [6.07, 6.45) is 1.11. The van der Waals surface area contributed by atoms with E-state index >= 15 is 0 Å². The van der Waals surface area contributed by atoms with Crippen molar-refractivity contribution in [2.24, 2.45) is 5.41 Å². The second-order valence-electron chi connectivity index (χ2n) is 5.03. The topological polar surface area (TPSA) is 15.3 Å². The molecule has 1 rings (SSSR count). The maximum atomic E-state index is 12.8. The predicted molar refractivity (Wildman–Crippen MR) is 72.0 cm³/mol. The van der Waals surface area contributed by atoms with E-state index in [0.29, 0.717) is 0 Å². The molecule has 0 aliphatic carbocycles. The Labute approximate surface area is 104 Å². The van der Waals surface area contributed by atoms with Crippen LogP contribution in [0.1, 0.15) is 20.3 Å². The summed E-state index contributed by atoms with van der Waals surface area (Å²) in [7, 11) is 4.03. The zero-order chi connectivity index (χ0) is 12.9. The zero-order valence-electron chi connectivity index (χ0n) is 11.3. The van der Waals surface area contributed by atoms with Crippen molar-refractivity contribution in [3.8, 4) is 0 Å². The van der Waals surface area contributed by atoms with Crippen LogP contribution >= 0.6 is 0 Å². The SMILES string of the molecule is CCC(C)(CNC)CN(C)c1ccc(F)cc1. The number of nitrogens with one attached hydrogen (secondary N) is 1. The fraction of sp³-hybridized carbons (Fsp3) is 0.571. The number of halogens is 1. The average molecular weight is 238 g/mol. The molecule has 0 saturated heterocycles. The van der Waals surface area contributed by atoms with Crippen molar-refractivity contribution in [1.82, 2.24) is 5.32 Å². The van der Waals surface area contributed by atoms with Gasteiger partial charge >= 0.3 is 0 Å². The summed E-state index contributed by atoms with van der Waals surface area (Å²) >= 11 is 0. The average Bonchev–Trinajstić information content (AvgIpc) is 2.30. The smallest absolute Gasteiger partial charge is 0.123 e. The van der Waals surface area contributed by atoms with E-state index in [1.807, 2.05) is 19.2 Å². The summed E-state index contributed by atoms with van der Waals surface area (Å²) in [6.45, 7) is 6.41. The first-order valence-electron chi connectivity index (χ1n) is 6.12. The molecule has 17 heavy (non-hydrogen) atoms. The molecule has 0 spiro atoms. The monoisotopic (exact) mass is 238 g/mol. The Morgan fingerprint density at radius 1 is 1.29 bits per heavy atom. The van der Waals surface area contributed by atoms with Gasteiger partial charge in [0, 0.05) is 25.8 Å². The molecule has 0 aliphatic rings. The van der Waals surface area contributed by atoms with Gasteiger partial charge in [0.15, 0.2) is 0 Å². The van der Waals surface area contributed by atoms with Crippen molar-refractivity contribution >= 4 is 5.69 Å². The molecular formula is C14H23FN2. The van der Waals surface area contributed by atoms with Gasteiger partial charge in [-0.15, -0.1) is 0 Å². The summed E-state index contributed by atoms with van der Waals surface area (Å²) in [5, 5.41) is 3.24. The highest BCUT2D eigenvalue weighted by Gasteiger charge is 2.23. The number of hydrogen-bond donors (Lipinski definition) is 1. The van der Waals surface area contributed by atoms with Gasteiger partial charge in [0.25, 0.3) is 0 Å². The minimum absolute atomic E-state index is 0.185. The molecular weight excluding hydrogens is 215 g/mol. The Morgan fingerprint density at radius 3 is 2.35 bits per heavy atom. The molecule has 0 amide bonds. The maximum Gasteiger partial charge on any atom is 0.123 e. The molecule has 1 N–H and O–H groups in total. The number of nitrogens with zero attached hydrogens (tertiary/aromatic N) is 1. The molecule has 0 aromatic heterocycles. The first-order chi connectivity index (χ1) is 8.00. The molecule has 0 fully saturated rings. The molecule has 96 valence electrons. The molecule has 0 heterocycles. The van der Waals surface area contributed by atoms with Crippen LogP contribution in [0, 0.1) is 11.2 Å². The molecule has 0 aliphatic heterocycles. The first-order valence-corrected chi connectivity index (χ1v) is 6.12. The molecule has 1 aromatic carbocycles. The third kappa shape index (κ3) is 4.00. The zero-order valence-corrected chi connectivity index (χ0v) is 11.3. The molecule has 3 heteroatoms. The van der Waals surface area contributed by atoms with Crippen molar-refractivity contribution in [1.29, 1.82) is 0 Å². The summed E-state index contributed by atoms with van der Waals surface area (Å²) in [5.41, 5.74) is 1.29. The van der Waals surface area contributed by atoms with E-state index in [2.05, 4.69) is 31.1 Å². The van der Waals surface area contributed by atoms with Crippen LogP contribution in [-0.2, 0) is 0 Å². The third-order valence-corrected chi connectivity index (χ3v) is 3.34. The fourth-order valence-corrected chi connectivity index (χ4v) is 2.08. The highest BCUT2D eigenvalue weighted by molar-refractivity contribution is 5.45. The van der Waals surface area contributed by atoms with Gasteiger partial charge in [-0.25, -0.2) is 4.39 Å². The standard InChI is InChI=1S/C14H23FN2/c1-5-14(2,10-16-3)11-17(4)13-8-6-12(15)7-9-13/h6-9,16H,5,10-11H2,1-4H3. The summed E-state index contributed by atoms with van der Waals surface area (Å²) in [4.78, 5) is 2.18. The Balaban J connectivity index is 2.70. The van der Waals surface area contributed by atoms with Gasteiger partial charge in [-0.05, 0) is 43.1 Å². The lowest BCUT2D eigenvalue weighted by Gasteiger charge is -2.34. The molecule has 0 radical (unpaired) electrons. The van der Waals surface area contributed by atoms with Gasteiger partial charge in [-0.2, -0.15) is 0 Å². The third-order valence-electron chi connectivity index (χ3n) is 3.34. The number of benzene rings is 1. The second kappa shape index (κ2) is 6.01. The van der Waals surface area contributed by atoms with Crippen molar-refractivity contribution < 1.29 is 4.39 Å². The minimum Gasteiger partial charge on any atom is -0.374 e. The van der Waals surface area contributed by atoms with Crippen molar-refractivity contribution in [2.45, 2.75) is 20.3 Å². The Hall–Kier alpha value is -1.09. The molecule has 0 bridgehead atoms. The lowest BCUT2D eigenvalue weighted by atomic mass is 9.87. The highest BCUT2D eigenvalue weighted by atomic mass is 19.1. The molecule has 1 unspecified atom stereocenters. The Bertz CT molecular complexity index is 337. The van der Waals surface area contributed by atoms with Crippen molar-refractivity contribution in [3.63, 3.8) is 0 Å². The van der Waals surface area contributed by atoms with Gasteiger partial charge < -0.3 is 10.2 Å². The number of rotatable bonds is 6. The minimum atomic E-state index is -0.185. The maximum absolute atomic E-state index is 12.8. The van der Waals surface area contributed by atoms with Crippen LogP contribution in [0.15, 0.2) is 24.3 Å². The van der Waals surface area contributed by atoms with E-state index in [1.165, 1.54) is 12.1 Å². The van der Waals surface area contributed by atoms with Crippen LogP contribution in [0.3, 0.4) is 0 Å². The van der Waals surface area contributed by atoms with Crippen LogP contribution in [0.2, 0.25) is 0 Å². The molecule has 0 saturated carbocycles. The molecule has 1 atom stereocenters. The van der Waals surface area contributed by atoms with Gasteiger partial charge in [0.2, 0.25) is 0 Å². The first kappa shape index (κ1) is 14.0. The van der Waals surface area contributed by atoms with Crippen LogP contribution in [-0.4, -0.2) is 27.2 Å². The summed E-state index contributed by atoms with van der Waals surface area (Å²) < 4.78 is 12.8. The van der Waals surface area contributed by atoms with E-state index in [9.17, 15) is 4.39 Å². The normalized spacial score (nSPS) is 14.4. The lowest BCUT2D eigenvalue weighted by molar-refractivity contribution is 0.308. The Morgan fingerprint density at radius 2 is 1.88 bits per heavy atom. The molecule has 1 aromatic rings. The van der Waals surface area contributed by atoms with Crippen LogP contribution in [0.25, 0.3) is 0 Å².